The van der Waals surface area contributed by atoms with Gasteiger partial charge in [-0.3, -0.25) is 9.10 Å². The normalized spacial score (nSPS) is 11.8. The minimum absolute atomic E-state index is 0.0700. The topological polar surface area (TPSA) is 88.1 Å². The average molecular weight is 536 g/mol. The molecule has 0 aliphatic heterocycles. The Hall–Kier alpha value is -2.69. The Morgan fingerprint density at radius 2 is 1.81 bits per heavy atom. The van der Waals surface area contributed by atoms with Gasteiger partial charge in [0.05, 0.1) is 22.9 Å². The summed E-state index contributed by atoms with van der Waals surface area (Å²) in [5.74, 6) is 0.0494. The van der Waals surface area contributed by atoms with Gasteiger partial charge in [0.1, 0.15) is 12.3 Å². The smallest absolute Gasteiger partial charge is 0.264 e. The van der Waals surface area contributed by atoms with E-state index >= 15 is 0 Å². The number of hydrogen-bond donors (Lipinski definition) is 1. The quantitative estimate of drug-likeness (QED) is 0.319. The van der Waals surface area contributed by atoms with Crippen LogP contribution in [0.15, 0.2) is 80.5 Å². The van der Waals surface area contributed by atoms with E-state index in [1.165, 1.54) is 23.5 Å². The summed E-state index contributed by atoms with van der Waals surface area (Å²) in [6.07, 6.45) is 0. The molecule has 2 aromatic carbocycles. The first-order valence-corrected chi connectivity index (χ1v) is 12.8. The number of carbonyl (C=O) groups excluding carboxylic acids is 1. The fraction of sp³-hybridized carbons (Fsp3) is 0.182. The lowest BCUT2D eigenvalue weighted by Crippen LogP contribution is -2.39. The molecule has 7 nitrogen and oxygen atoms in total. The highest BCUT2D eigenvalue weighted by molar-refractivity contribution is 9.10. The second kappa shape index (κ2) is 10.8. The Bertz CT molecular complexity index is 1180. The van der Waals surface area contributed by atoms with Crippen LogP contribution >= 0.6 is 27.3 Å². The number of amides is 1. The molecule has 0 bridgehead atoms. The molecule has 0 radical (unpaired) electrons. The highest BCUT2D eigenvalue weighted by atomic mass is 79.9. The Kier molecular flexibility index (Phi) is 8.05. The molecule has 0 aliphatic rings. The van der Waals surface area contributed by atoms with E-state index in [-0.39, 0.29) is 4.90 Å². The second-order valence-electron chi connectivity index (χ2n) is 6.60. The third-order valence-electron chi connectivity index (χ3n) is 4.35. The van der Waals surface area contributed by atoms with Crippen molar-refractivity contribution in [3.8, 4) is 5.75 Å². The van der Waals surface area contributed by atoms with E-state index in [0.29, 0.717) is 23.8 Å². The SMILES string of the molecule is CCOc1ccc(N(CC(=O)N/N=C(/C)c2cccs2)S(=O)(=O)c2ccc(Br)cc2)cc1. The lowest BCUT2D eigenvalue weighted by Gasteiger charge is -2.24. The summed E-state index contributed by atoms with van der Waals surface area (Å²) < 4.78 is 34.0. The number of hydrazone groups is 1. The number of nitrogens with zero attached hydrogens (tertiary/aromatic N) is 2. The number of nitrogens with one attached hydrogen (secondary N) is 1. The van der Waals surface area contributed by atoms with Gasteiger partial charge in [0, 0.05) is 9.35 Å². The number of carbonyl (C=O) groups is 1. The van der Waals surface area contributed by atoms with E-state index in [1.807, 2.05) is 24.4 Å². The van der Waals surface area contributed by atoms with Crippen LogP contribution in [0.1, 0.15) is 18.7 Å². The predicted molar refractivity (Wildman–Crippen MR) is 131 cm³/mol. The molecule has 0 spiro atoms. The first-order valence-electron chi connectivity index (χ1n) is 9.69. The second-order valence-corrected chi connectivity index (χ2v) is 10.3. The number of hydrogen-bond acceptors (Lipinski definition) is 6. The maximum absolute atomic E-state index is 13.4. The molecule has 10 heteroatoms. The van der Waals surface area contributed by atoms with Crippen LogP contribution in [0.5, 0.6) is 5.75 Å². The molecule has 1 amide bonds. The first kappa shape index (κ1) is 24.0. The van der Waals surface area contributed by atoms with Gasteiger partial charge in [0.15, 0.2) is 0 Å². The van der Waals surface area contributed by atoms with Crippen molar-refractivity contribution >= 4 is 54.6 Å². The maximum atomic E-state index is 13.4. The Morgan fingerprint density at radius 1 is 1.12 bits per heavy atom. The summed E-state index contributed by atoms with van der Waals surface area (Å²) in [6.45, 7) is 3.69. The standard InChI is InChI=1S/C22H22BrN3O4S2/c1-3-30-19-10-8-18(9-11-19)26(32(28,29)20-12-6-17(23)7-13-20)15-22(27)25-24-16(2)21-5-4-14-31-21/h4-14H,3,15H2,1-2H3,(H,25,27)/b24-16-. The highest BCUT2D eigenvalue weighted by Gasteiger charge is 2.27. The van der Waals surface area contributed by atoms with Crippen molar-refractivity contribution in [2.45, 2.75) is 18.7 Å². The zero-order valence-electron chi connectivity index (χ0n) is 17.5. The molecule has 3 aromatic rings. The highest BCUT2D eigenvalue weighted by Crippen LogP contribution is 2.26. The molecule has 0 aliphatic carbocycles. The van der Waals surface area contributed by atoms with Crippen molar-refractivity contribution in [3.63, 3.8) is 0 Å². The van der Waals surface area contributed by atoms with E-state index in [0.717, 1.165) is 13.7 Å². The maximum Gasteiger partial charge on any atom is 0.264 e. The van der Waals surface area contributed by atoms with Crippen LogP contribution in [0.4, 0.5) is 5.69 Å². The van der Waals surface area contributed by atoms with E-state index in [1.54, 1.807) is 43.3 Å². The number of thiophene rings is 1. The van der Waals surface area contributed by atoms with Gasteiger partial charge in [0.2, 0.25) is 0 Å². The molecule has 32 heavy (non-hydrogen) atoms. The van der Waals surface area contributed by atoms with Gasteiger partial charge >= 0.3 is 0 Å². The summed E-state index contributed by atoms with van der Waals surface area (Å²) in [5, 5.41) is 6.01. The summed E-state index contributed by atoms with van der Waals surface area (Å²) in [5.41, 5.74) is 3.43. The largest absolute Gasteiger partial charge is 0.494 e. The van der Waals surface area contributed by atoms with Crippen molar-refractivity contribution in [3.05, 3.63) is 75.4 Å². The summed E-state index contributed by atoms with van der Waals surface area (Å²) in [6, 6.07) is 16.6. The molecule has 1 N–H and O–H groups in total. The van der Waals surface area contributed by atoms with Crippen molar-refractivity contribution in [1.29, 1.82) is 0 Å². The molecule has 0 unspecified atom stereocenters. The zero-order valence-corrected chi connectivity index (χ0v) is 20.7. The van der Waals surface area contributed by atoms with Crippen LogP contribution in [0.3, 0.4) is 0 Å². The van der Waals surface area contributed by atoms with Gasteiger partial charge in [0.25, 0.3) is 15.9 Å². The van der Waals surface area contributed by atoms with Crippen LogP contribution in [0.2, 0.25) is 0 Å². The van der Waals surface area contributed by atoms with Gasteiger partial charge in [-0.05, 0) is 73.8 Å². The van der Waals surface area contributed by atoms with Gasteiger partial charge in [-0.25, -0.2) is 13.8 Å². The van der Waals surface area contributed by atoms with Crippen LogP contribution in [-0.2, 0) is 14.8 Å². The third kappa shape index (κ3) is 5.96. The fourth-order valence-corrected chi connectivity index (χ4v) is 5.14. The molecular formula is C22H22BrN3O4S2. The predicted octanol–water partition coefficient (Wildman–Crippen LogP) is 4.65. The van der Waals surface area contributed by atoms with Crippen LogP contribution in [-0.4, -0.2) is 33.2 Å². The van der Waals surface area contributed by atoms with E-state index < -0.39 is 22.5 Å². The molecule has 1 aromatic heterocycles. The number of halogens is 1. The van der Waals surface area contributed by atoms with E-state index in [4.69, 9.17) is 4.74 Å². The summed E-state index contributed by atoms with van der Waals surface area (Å²) >= 11 is 4.80. The Balaban J connectivity index is 1.88. The molecule has 0 fully saturated rings. The summed E-state index contributed by atoms with van der Waals surface area (Å²) in [7, 11) is -4.01. The number of ether oxygens (including phenoxy) is 1. The fourth-order valence-electron chi connectivity index (χ4n) is 2.78. The lowest BCUT2D eigenvalue weighted by atomic mass is 10.3. The van der Waals surface area contributed by atoms with Crippen molar-refractivity contribution < 1.29 is 17.9 Å². The molecule has 1 heterocycles. The molecule has 0 saturated heterocycles. The number of rotatable bonds is 9. The lowest BCUT2D eigenvalue weighted by molar-refractivity contribution is -0.119. The van der Waals surface area contributed by atoms with E-state index in [2.05, 4.69) is 26.5 Å². The Morgan fingerprint density at radius 3 is 2.41 bits per heavy atom. The summed E-state index contributed by atoms with van der Waals surface area (Å²) in [4.78, 5) is 13.6. The van der Waals surface area contributed by atoms with Crippen molar-refractivity contribution in [1.82, 2.24) is 5.43 Å². The zero-order chi connectivity index (χ0) is 23.1. The first-order chi connectivity index (χ1) is 15.3. The van der Waals surface area contributed by atoms with Crippen LogP contribution in [0.25, 0.3) is 0 Å². The number of anilines is 1. The monoisotopic (exact) mass is 535 g/mol. The third-order valence-corrected chi connectivity index (χ3v) is 7.65. The molecule has 3 rings (SSSR count). The van der Waals surface area contributed by atoms with Gasteiger partial charge in [-0.2, -0.15) is 5.10 Å². The number of benzene rings is 2. The molecule has 0 atom stereocenters. The van der Waals surface area contributed by atoms with Crippen molar-refractivity contribution in [2.75, 3.05) is 17.5 Å². The molecular weight excluding hydrogens is 514 g/mol. The van der Waals surface area contributed by atoms with E-state index in [9.17, 15) is 13.2 Å². The minimum Gasteiger partial charge on any atom is -0.494 e. The van der Waals surface area contributed by atoms with Gasteiger partial charge < -0.3 is 4.74 Å². The van der Waals surface area contributed by atoms with Crippen LogP contribution in [0, 0.1) is 0 Å². The Labute approximate surface area is 199 Å². The van der Waals surface area contributed by atoms with Crippen LogP contribution < -0.4 is 14.5 Å². The number of sulfonamides is 1. The minimum atomic E-state index is -4.01. The average Bonchev–Trinajstić information content (AvgIpc) is 3.32. The van der Waals surface area contributed by atoms with Gasteiger partial charge in [-0.15, -0.1) is 11.3 Å². The van der Waals surface area contributed by atoms with Crippen molar-refractivity contribution in [2.24, 2.45) is 5.10 Å². The molecule has 0 saturated carbocycles. The molecule has 168 valence electrons. The van der Waals surface area contributed by atoms with Gasteiger partial charge in [-0.1, -0.05) is 22.0 Å².